The predicted molar refractivity (Wildman–Crippen MR) is 108 cm³/mol. The Morgan fingerprint density at radius 3 is 2.68 bits per heavy atom. The molecule has 22 heavy (non-hydrogen) atoms. The number of hydrogen-bond acceptors (Lipinski definition) is 2. The zero-order valence-corrected chi connectivity index (χ0v) is 17.0. The van der Waals surface area contributed by atoms with Gasteiger partial charge in [0.05, 0.1) is 0 Å². The maximum Gasteiger partial charge on any atom is 0.193 e. The van der Waals surface area contributed by atoms with Crippen LogP contribution in [0, 0.1) is 5.92 Å². The fraction of sp³-hybridized carbons (Fsp3) is 0.824. The number of hydrogen-bond donors (Lipinski definition) is 1. The number of halogens is 1. The second kappa shape index (κ2) is 13.2. The van der Waals surface area contributed by atoms with Crippen LogP contribution < -0.4 is 5.32 Å². The molecular formula is C17H35IN4. The lowest BCUT2D eigenvalue weighted by Crippen LogP contribution is -2.40. The highest BCUT2D eigenvalue weighted by molar-refractivity contribution is 14.0. The van der Waals surface area contributed by atoms with Gasteiger partial charge in [-0.15, -0.1) is 30.6 Å². The van der Waals surface area contributed by atoms with Gasteiger partial charge >= 0.3 is 0 Å². The average Bonchev–Trinajstić information content (AvgIpc) is 2.96. The van der Waals surface area contributed by atoms with Gasteiger partial charge in [-0.25, -0.2) is 0 Å². The summed E-state index contributed by atoms with van der Waals surface area (Å²) >= 11 is 0. The summed E-state index contributed by atoms with van der Waals surface area (Å²) in [6.07, 6.45) is 6.91. The molecule has 0 radical (unpaired) electrons. The van der Waals surface area contributed by atoms with Crippen molar-refractivity contribution in [2.24, 2.45) is 10.9 Å². The number of aliphatic imine (C=N–C) groups is 1. The molecule has 1 N–H and O–H groups in total. The smallest absolute Gasteiger partial charge is 0.193 e. The van der Waals surface area contributed by atoms with Crippen LogP contribution in [0.1, 0.15) is 39.5 Å². The first-order valence-electron chi connectivity index (χ1n) is 8.50. The van der Waals surface area contributed by atoms with Crippen LogP contribution in [0.3, 0.4) is 0 Å². The van der Waals surface area contributed by atoms with Gasteiger partial charge in [0.2, 0.25) is 0 Å². The summed E-state index contributed by atoms with van der Waals surface area (Å²) in [4.78, 5) is 9.62. The summed E-state index contributed by atoms with van der Waals surface area (Å²) in [5.74, 6) is 1.66. The predicted octanol–water partition coefficient (Wildman–Crippen LogP) is 3.20. The summed E-state index contributed by atoms with van der Waals surface area (Å²) < 4.78 is 0. The molecule has 0 saturated carbocycles. The maximum absolute atomic E-state index is 4.81. The Kier molecular flexibility index (Phi) is 13.0. The third-order valence-electron chi connectivity index (χ3n) is 3.92. The molecule has 0 aromatic rings. The van der Waals surface area contributed by atoms with Gasteiger partial charge in [0.15, 0.2) is 5.96 Å². The molecule has 5 heteroatoms. The summed E-state index contributed by atoms with van der Waals surface area (Å²) in [6, 6.07) is 0. The molecule has 1 aliphatic rings. The third kappa shape index (κ3) is 8.98. The van der Waals surface area contributed by atoms with Gasteiger partial charge in [0.1, 0.15) is 0 Å². The number of rotatable bonds is 9. The quantitative estimate of drug-likeness (QED) is 0.204. The van der Waals surface area contributed by atoms with Crippen LogP contribution in [0.25, 0.3) is 0 Å². The summed E-state index contributed by atoms with van der Waals surface area (Å²) in [5.41, 5.74) is 0. The van der Waals surface area contributed by atoms with E-state index in [4.69, 9.17) is 4.99 Å². The second-order valence-electron chi connectivity index (χ2n) is 6.16. The molecule has 130 valence electrons. The molecule has 1 atom stereocenters. The Hall–Kier alpha value is -0.300. The number of unbranched alkanes of at least 4 members (excludes halogenated alkanes) is 1. The lowest BCUT2D eigenvalue weighted by Gasteiger charge is -2.23. The lowest BCUT2D eigenvalue weighted by atomic mass is 10.2. The van der Waals surface area contributed by atoms with E-state index in [1.807, 2.05) is 6.08 Å². The van der Waals surface area contributed by atoms with E-state index < -0.39 is 0 Å². The molecule has 1 saturated heterocycles. The molecule has 1 aliphatic heterocycles. The largest absolute Gasteiger partial charge is 0.357 e. The molecule has 1 rings (SSSR count). The molecule has 1 heterocycles. The summed E-state index contributed by atoms with van der Waals surface area (Å²) in [5, 5.41) is 3.39. The van der Waals surface area contributed by atoms with Crippen LogP contribution in [0.15, 0.2) is 17.6 Å². The Morgan fingerprint density at radius 2 is 2.09 bits per heavy atom. The Balaban J connectivity index is 0.00000441. The van der Waals surface area contributed by atoms with Crippen molar-refractivity contribution < 1.29 is 0 Å². The Labute approximate surface area is 154 Å². The van der Waals surface area contributed by atoms with E-state index in [2.05, 4.69) is 42.6 Å². The molecule has 0 bridgehead atoms. The fourth-order valence-corrected chi connectivity index (χ4v) is 2.75. The zero-order valence-electron chi connectivity index (χ0n) is 14.7. The van der Waals surface area contributed by atoms with E-state index in [0.717, 1.165) is 38.4 Å². The van der Waals surface area contributed by atoms with Crippen LogP contribution in [-0.2, 0) is 0 Å². The van der Waals surface area contributed by atoms with E-state index in [1.165, 1.54) is 32.5 Å². The molecule has 0 aromatic heterocycles. The highest BCUT2D eigenvalue weighted by Crippen LogP contribution is 2.10. The first-order chi connectivity index (χ1) is 10.2. The van der Waals surface area contributed by atoms with E-state index >= 15 is 0 Å². The van der Waals surface area contributed by atoms with Crippen molar-refractivity contribution in [1.29, 1.82) is 0 Å². The van der Waals surface area contributed by atoms with Crippen LogP contribution in [-0.4, -0.2) is 62.1 Å². The van der Waals surface area contributed by atoms with E-state index in [0.29, 0.717) is 5.92 Å². The lowest BCUT2D eigenvalue weighted by molar-refractivity contribution is 0.291. The number of nitrogens with one attached hydrogen (secondary N) is 1. The SMILES string of the molecule is C=CCCCN(C)C(=NCC(C)CN1CCCC1)NCC.I. The Morgan fingerprint density at radius 1 is 1.41 bits per heavy atom. The van der Waals surface area contributed by atoms with Crippen molar-refractivity contribution in [2.45, 2.75) is 39.5 Å². The van der Waals surface area contributed by atoms with Gasteiger partial charge in [-0.1, -0.05) is 13.0 Å². The van der Waals surface area contributed by atoms with E-state index in [9.17, 15) is 0 Å². The normalized spacial score (nSPS) is 17.0. The monoisotopic (exact) mass is 422 g/mol. The minimum absolute atomic E-state index is 0. The van der Waals surface area contributed by atoms with Crippen LogP contribution in [0.5, 0.6) is 0 Å². The average molecular weight is 422 g/mol. The highest BCUT2D eigenvalue weighted by Gasteiger charge is 2.14. The van der Waals surface area contributed by atoms with Gasteiger partial charge in [0, 0.05) is 33.2 Å². The van der Waals surface area contributed by atoms with Gasteiger partial charge < -0.3 is 15.1 Å². The molecule has 4 nitrogen and oxygen atoms in total. The van der Waals surface area contributed by atoms with Crippen molar-refractivity contribution in [3.05, 3.63) is 12.7 Å². The molecule has 1 fully saturated rings. The molecule has 1 unspecified atom stereocenters. The first kappa shape index (κ1) is 21.7. The van der Waals surface area contributed by atoms with E-state index in [-0.39, 0.29) is 24.0 Å². The van der Waals surface area contributed by atoms with E-state index in [1.54, 1.807) is 0 Å². The van der Waals surface area contributed by atoms with Crippen LogP contribution >= 0.6 is 24.0 Å². The topological polar surface area (TPSA) is 30.9 Å². The number of allylic oxidation sites excluding steroid dienone is 1. The fourth-order valence-electron chi connectivity index (χ4n) is 2.75. The number of guanidine groups is 1. The Bertz CT molecular complexity index is 314. The maximum atomic E-state index is 4.81. The third-order valence-corrected chi connectivity index (χ3v) is 3.92. The van der Waals surface area contributed by atoms with Crippen LogP contribution in [0.2, 0.25) is 0 Å². The summed E-state index contributed by atoms with van der Waals surface area (Å²) in [6.45, 7) is 14.8. The van der Waals surface area contributed by atoms with Crippen molar-refractivity contribution in [3.8, 4) is 0 Å². The van der Waals surface area contributed by atoms with Crippen molar-refractivity contribution in [2.75, 3.05) is 46.3 Å². The molecule has 0 aliphatic carbocycles. The van der Waals surface area contributed by atoms with Gasteiger partial charge in [-0.2, -0.15) is 0 Å². The highest BCUT2D eigenvalue weighted by atomic mass is 127. The number of likely N-dealkylation sites (tertiary alicyclic amines) is 1. The number of nitrogens with zero attached hydrogens (tertiary/aromatic N) is 3. The molecule has 0 spiro atoms. The van der Waals surface area contributed by atoms with Gasteiger partial charge in [0.25, 0.3) is 0 Å². The van der Waals surface area contributed by atoms with Crippen LogP contribution in [0.4, 0.5) is 0 Å². The van der Waals surface area contributed by atoms with Crippen molar-refractivity contribution in [1.82, 2.24) is 15.1 Å². The molecular weight excluding hydrogens is 387 g/mol. The minimum Gasteiger partial charge on any atom is -0.357 e. The standard InChI is InChI=1S/C17H34N4.HI/c1-5-7-8-11-20(4)17(18-6-2)19-14-16(3)15-21-12-9-10-13-21;/h5,16H,1,6-15H2,2-4H3,(H,18,19);1H. The first-order valence-corrected chi connectivity index (χ1v) is 8.50. The minimum atomic E-state index is 0. The second-order valence-corrected chi connectivity index (χ2v) is 6.16. The van der Waals surface area contributed by atoms with Crippen molar-refractivity contribution >= 4 is 29.9 Å². The molecule has 0 amide bonds. The van der Waals surface area contributed by atoms with Gasteiger partial charge in [-0.3, -0.25) is 4.99 Å². The zero-order chi connectivity index (χ0) is 15.5. The van der Waals surface area contributed by atoms with Gasteiger partial charge in [-0.05, 0) is 51.6 Å². The summed E-state index contributed by atoms with van der Waals surface area (Å²) in [7, 11) is 2.12. The van der Waals surface area contributed by atoms with Crippen molar-refractivity contribution in [3.63, 3.8) is 0 Å². The molecule has 0 aromatic carbocycles.